The number of halogens is 3. The summed E-state index contributed by atoms with van der Waals surface area (Å²) in [4.78, 5) is 30.0. The van der Waals surface area contributed by atoms with E-state index >= 15 is 0 Å². The van der Waals surface area contributed by atoms with Crippen LogP contribution in [-0.4, -0.2) is 49.6 Å². The van der Waals surface area contributed by atoms with Crippen LogP contribution < -0.4 is 0 Å². The van der Waals surface area contributed by atoms with Crippen molar-refractivity contribution >= 4 is 45.2 Å². The topological polar surface area (TPSA) is 74.3 Å². The maximum atomic E-state index is 14.6. The van der Waals surface area contributed by atoms with Crippen molar-refractivity contribution in [2.45, 2.75) is 25.4 Å². The number of hydroxylamine groups is 2. The fraction of sp³-hybridized carbons (Fsp3) is 0.444. The minimum absolute atomic E-state index is 0.0247. The van der Waals surface area contributed by atoms with Crippen molar-refractivity contribution in [3.05, 3.63) is 38.8 Å². The summed E-state index contributed by atoms with van der Waals surface area (Å²) in [6.45, 7) is 2.53. The van der Waals surface area contributed by atoms with E-state index in [0.717, 1.165) is 6.07 Å². The smallest absolute Gasteiger partial charge is 0.447 e. The van der Waals surface area contributed by atoms with Crippen LogP contribution in [-0.2, 0) is 23.8 Å². The normalized spacial score (nSPS) is 19.1. The fourth-order valence-electron chi connectivity index (χ4n) is 3.30. The maximum Gasteiger partial charge on any atom is 0.513 e. The Hall–Kier alpha value is -1.68. The molecule has 0 bridgehead atoms. The number of carbonyl (C=O) groups is 2. The summed E-state index contributed by atoms with van der Waals surface area (Å²) in [5.74, 6) is -1.65. The molecule has 2 heterocycles. The molecule has 152 valence electrons. The Morgan fingerprint density at radius 3 is 2.68 bits per heavy atom. The second kappa shape index (κ2) is 8.36. The number of piperidine rings is 1. The predicted molar refractivity (Wildman–Crippen MR) is 101 cm³/mol. The first-order valence-electron chi connectivity index (χ1n) is 8.58. The third-order valence-corrected chi connectivity index (χ3v) is 5.94. The number of ether oxygens (including phenoxy) is 3. The minimum atomic E-state index is -1.23. The van der Waals surface area contributed by atoms with Crippen LogP contribution in [0, 0.1) is 5.82 Å². The highest BCUT2D eigenvalue weighted by atomic mass is 79.9. The molecule has 1 saturated heterocycles. The van der Waals surface area contributed by atoms with Gasteiger partial charge in [-0.2, -0.15) is 5.06 Å². The molecule has 10 heteroatoms. The van der Waals surface area contributed by atoms with Crippen LogP contribution in [0.4, 0.5) is 9.18 Å². The number of carbonyl (C=O) groups excluding carboxylic acids is 2. The second-order valence-corrected chi connectivity index (χ2v) is 7.44. The molecular weight excluding hydrogens is 461 g/mol. The lowest BCUT2D eigenvalue weighted by Crippen LogP contribution is -2.46. The van der Waals surface area contributed by atoms with Gasteiger partial charge in [0.05, 0.1) is 18.7 Å². The molecule has 7 nitrogen and oxygen atoms in total. The van der Waals surface area contributed by atoms with Gasteiger partial charge < -0.3 is 19.0 Å². The first kappa shape index (κ1) is 21.0. The van der Waals surface area contributed by atoms with E-state index in [4.69, 9.17) is 30.6 Å². The van der Waals surface area contributed by atoms with Gasteiger partial charge >= 0.3 is 12.1 Å². The van der Waals surface area contributed by atoms with Crippen molar-refractivity contribution in [3.8, 4) is 0 Å². The lowest BCUT2D eigenvalue weighted by atomic mass is 9.88. The largest absolute Gasteiger partial charge is 0.513 e. The van der Waals surface area contributed by atoms with Gasteiger partial charge in [-0.15, -0.1) is 0 Å². The van der Waals surface area contributed by atoms with E-state index in [-0.39, 0.29) is 41.4 Å². The molecule has 1 aromatic carbocycles. The van der Waals surface area contributed by atoms with Crippen LogP contribution in [0.5, 0.6) is 0 Å². The Bertz CT molecular complexity index is 838. The average Bonchev–Trinajstić information content (AvgIpc) is 2.91. The van der Waals surface area contributed by atoms with Crippen molar-refractivity contribution in [2.75, 3.05) is 26.8 Å². The van der Waals surface area contributed by atoms with Gasteiger partial charge in [0.2, 0.25) is 0 Å². The third kappa shape index (κ3) is 3.76. The molecule has 2 aliphatic rings. The molecule has 0 unspecified atom stereocenters. The highest BCUT2D eigenvalue weighted by Gasteiger charge is 2.53. The number of esters is 1. The van der Waals surface area contributed by atoms with Crippen molar-refractivity contribution < 1.29 is 33.0 Å². The molecule has 0 atom stereocenters. The molecule has 1 aromatic rings. The molecule has 0 N–H and O–H groups in total. The zero-order valence-corrected chi connectivity index (χ0v) is 17.6. The number of nitrogens with zero attached hydrogens (tertiary/aromatic N) is 1. The summed E-state index contributed by atoms with van der Waals surface area (Å²) in [7, 11) is 1.53. The monoisotopic (exact) mass is 477 g/mol. The van der Waals surface area contributed by atoms with Crippen LogP contribution in [0.15, 0.2) is 22.4 Å². The van der Waals surface area contributed by atoms with E-state index in [1.54, 1.807) is 12.0 Å². The summed E-state index contributed by atoms with van der Waals surface area (Å²) in [6, 6.07) is 2.58. The van der Waals surface area contributed by atoms with E-state index in [1.807, 2.05) is 0 Å². The molecule has 2 aliphatic heterocycles. The Labute approximate surface area is 174 Å². The van der Waals surface area contributed by atoms with Gasteiger partial charge in [-0.3, -0.25) is 0 Å². The van der Waals surface area contributed by atoms with E-state index in [2.05, 4.69) is 15.9 Å². The zero-order valence-electron chi connectivity index (χ0n) is 15.2. The molecule has 28 heavy (non-hydrogen) atoms. The van der Waals surface area contributed by atoms with Gasteiger partial charge in [0.15, 0.2) is 11.4 Å². The third-order valence-electron chi connectivity index (χ3n) is 4.66. The highest BCUT2D eigenvalue weighted by Crippen LogP contribution is 2.47. The van der Waals surface area contributed by atoms with E-state index in [0.29, 0.717) is 17.6 Å². The van der Waals surface area contributed by atoms with Crippen molar-refractivity contribution in [1.82, 2.24) is 5.06 Å². The van der Waals surface area contributed by atoms with E-state index < -0.39 is 23.5 Å². The van der Waals surface area contributed by atoms with Crippen molar-refractivity contribution in [2.24, 2.45) is 0 Å². The summed E-state index contributed by atoms with van der Waals surface area (Å²) >= 11 is 9.47. The van der Waals surface area contributed by atoms with Gasteiger partial charge in [0, 0.05) is 36.0 Å². The first-order chi connectivity index (χ1) is 13.3. The number of benzene rings is 1. The molecule has 0 radical (unpaired) electrons. The van der Waals surface area contributed by atoms with Crippen LogP contribution in [0.1, 0.15) is 25.3 Å². The van der Waals surface area contributed by atoms with Gasteiger partial charge in [-0.25, -0.2) is 14.0 Å². The van der Waals surface area contributed by atoms with Crippen molar-refractivity contribution in [1.29, 1.82) is 0 Å². The molecule has 1 fully saturated rings. The van der Waals surface area contributed by atoms with Crippen LogP contribution in [0.25, 0.3) is 5.57 Å². The Morgan fingerprint density at radius 1 is 1.39 bits per heavy atom. The van der Waals surface area contributed by atoms with Crippen LogP contribution in [0.3, 0.4) is 0 Å². The highest BCUT2D eigenvalue weighted by molar-refractivity contribution is 9.10. The number of hydrogen-bond acceptors (Lipinski definition) is 7. The Kier molecular flexibility index (Phi) is 6.28. The SMILES string of the molecule is CCOC(=O)OC1=C(c2c(F)ccc(Br)c2Cl)C(=O)OC12CCN(OC)CC2. The number of hydrogen-bond donors (Lipinski definition) is 0. The maximum absolute atomic E-state index is 14.6. The minimum Gasteiger partial charge on any atom is -0.447 e. The van der Waals surface area contributed by atoms with Crippen molar-refractivity contribution in [3.63, 3.8) is 0 Å². The summed E-state index contributed by atoms with van der Waals surface area (Å²) in [5, 5.41) is 1.66. The van der Waals surface area contributed by atoms with Gasteiger partial charge in [-0.05, 0) is 35.0 Å². The van der Waals surface area contributed by atoms with Gasteiger partial charge in [0.1, 0.15) is 11.4 Å². The van der Waals surface area contributed by atoms with E-state index in [9.17, 15) is 14.0 Å². The van der Waals surface area contributed by atoms with Gasteiger partial charge in [0.25, 0.3) is 0 Å². The standard InChI is InChI=1S/C18H18BrClFNO6/c1-3-26-17(24)27-15-13(12-11(21)5-4-10(19)14(12)20)16(23)28-18(15)6-8-22(25-2)9-7-18/h4-5H,3,6-9H2,1-2H3. The molecule has 1 spiro atoms. The first-order valence-corrected chi connectivity index (χ1v) is 9.75. The van der Waals surface area contributed by atoms with Gasteiger partial charge in [-0.1, -0.05) is 11.6 Å². The fourth-order valence-corrected chi connectivity index (χ4v) is 3.88. The summed E-state index contributed by atoms with van der Waals surface area (Å²) in [5.41, 5.74) is -1.64. The quantitative estimate of drug-likeness (QED) is 0.477. The summed E-state index contributed by atoms with van der Waals surface area (Å²) < 4.78 is 30.9. The Balaban J connectivity index is 2.14. The molecule has 3 rings (SSSR count). The average molecular weight is 479 g/mol. The molecule has 0 aromatic heterocycles. The van der Waals surface area contributed by atoms with Crippen LogP contribution >= 0.6 is 27.5 Å². The Morgan fingerprint density at radius 2 is 2.07 bits per heavy atom. The zero-order chi connectivity index (χ0) is 20.5. The predicted octanol–water partition coefficient (Wildman–Crippen LogP) is 4.08. The van der Waals surface area contributed by atoms with Crippen LogP contribution in [0.2, 0.25) is 5.02 Å². The summed E-state index contributed by atoms with van der Waals surface area (Å²) in [6.07, 6.45) is -0.427. The second-order valence-electron chi connectivity index (χ2n) is 6.20. The molecule has 0 amide bonds. The van der Waals surface area contributed by atoms with E-state index in [1.165, 1.54) is 13.2 Å². The lowest BCUT2D eigenvalue weighted by Gasteiger charge is -2.37. The molecule has 0 aliphatic carbocycles. The molecular formula is C18H18BrClFNO6. The number of rotatable bonds is 4. The molecule has 0 saturated carbocycles. The lowest BCUT2D eigenvalue weighted by molar-refractivity contribution is -0.183.